The number of nitrogens with zero attached hydrogens (tertiary/aromatic N) is 3. The Kier molecular flexibility index (Phi) is 9.60. The van der Waals surface area contributed by atoms with Crippen molar-refractivity contribution in [2.45, 2.75) is 71.3 Å². The standard InChI is InChI=1S/C30H41N5O5/c1-21(2)12-16-35-20-26(36)32-30(13-6-9-23-8-4-5-10-25(23)30)29(39)31-14-17-34(15-7-11-27(35)37)28(38)19-24-18-22(3)33-40-24/h4-5,8,10,18,21H,6-7,9,11-17,19-20H2,1-3H3,(H,31,39)(H,32,36). The van der Waals surface area contributed by atoms with Crippen molar-refractivity contribution >= 4 is 23.6 Å². The maximum Gasteiger partial charge on any atom is 0.250 e. The predicted octanol–water partition coefficient (Wildman–Crippen LogP) is 2.49. The number of carbonyl (C=O) groups is 4. The van der Waals surface area contributed by atoms with Crippen LogP contribution in [0.25, 0.3) is 0 Å². The molecule has 216 valence electrons. The molecule has 1 fully saturated rings. The number of hydrogen-bond acceptors (Lipinski definition) is 6. The molecule has 1 aromatic carbocycles. The molecule has 1 unspecified atom stereocenters. The van der Waals surface area contributed by atoms with Gasteiger partial charge >= 0.3 is 0 Å². The number of rotatable bonds is 5. The van der Waals surface area contributed by atoms with Crippen molar-refractivity contribution in [1.29, 1.82) is 0 Å². The third-order valence-corrected chi connectivity index (χ3v) is 7.72. The molecule has 2 N–H and O–H groups in total. The van der Waals surface area contributed by atoms with E-state index in [1.165, 1.54) is 0 Å². The number of fused-ring (bicyclic) bond motifs is 2. The number of carbonyl (C=O) groups excluding carboxylic acids is 4. The van der Waals surface area contributed by atoms with Gasteiger partial charge in [-0.15, -0.1) is 0 Å². The second-order valence-electron chi connectivity index (χ2n) is 11.3. The zero-order valence-electron chi connectivity index (χ0n) is 23.8. The summed E-state index contributed by atoms with van der Waals surface area (Å²) >= 11 is 0. The minimum Gasteiger partial charge on any atom is -0.361 e. The Morgan fingerprint density at radius 3 is 2.67 bits per heavy atom. The van der Waals surface area contributed by atoms with Crippen LogP contribution >= 0.6 is 0 Å². The van der Waals surface area contributed by atoms with Gasteiger partial charge in [-0.2, -0.15) is 0 Å². The Morgan fingerprint density at radius 2 is 1.93 bits per heavy atom. The van der Waals surface area contributed by atoms with Crippen LogP contribution < -0.4 is 10.6 Å². The van der Waals surface area contributed by atoms with Gasteiger partial charge in [0.25, 0.3) is 5.91 Å². The molecule has 4 amide bonds. The van der Waals surface area contributed by atoms with E-state index in [0.717, 1.165) is 30.4 Å². The van der Waals surface area contributed by atoms with Crippen LogP contribution in [-0.4, -0.2) is 71.3 Å². The Bertz CT molecular complexity index is 1220. The summed E-state index contributed by atoms with van der Waals surface area (Å²) in [5.41, 5.74) is 1.27. The fraction of sp³-hybridized carbons (Fsp3) is 0.567. The van der Waals surface area contributed by atoms with Crippen molar-refractivity contribution in [2.75, 3.05) is 32.7 Å². The van der Waals surface area contributed by atoms with Crippen LogP contribution in [0.3, 0.4) is 0 Å². The summed E-state index contributed by atoms with van der Waals surface area (Å²) in [6.07, 6.45) is 3.49. The molecular weight excluding hydrogens is 510 g/mol. The van der Waals surface area contributed by atoms with Gasteiger partial charge in [0.1, 0.15) is 11.3 Å². The molecular formula is C30H41N5O5. The average Bonchev–Trinajstić information content (AvgIpc) is 3.33. The molecule has 10 nitrogen and oxygen atoms in total. The molecule has 1 atom stereocenters. The van der Waals surface area contributed by atoms with Crippen molar-refractivity contribution in [3.8, 4) is 0 Å². The largest absolute Gasteiger partial charge is 0.361 e. The van der Waals surface area contributed by atoms with Gasteiger partial charge in [-0.1, -0.05) is 43.3 Å². The molecule has 10 heteroatoms. The smallest absolute Gasteiger partial charge is 0.250 e. The summed E-state index contributed by atoms with van der Waals surface area (Å²) in [7, 11) is 0. The van der Waals surface area contributed by atoms with Crippen molar-refractivity contribution in [3.05, 3.63) is 52.9 Å². The van der Waals surface area contributed by atoms with Crippen molar-refractivity contribution in [3.63, 3.8) is 0 Å². The van der Waals surface area contributed by atoms with E-state index in [0.29, 0.717) is 43.3 Å². The van der Waals surface area contributed by atoms with Crippen LogP contribution in [0.2, 0.25) is 0 Å². The fourth-order valence-corrected chi connectivity index (χ4v) is 5.57. The van der Waals surface area contributed by atoms with Crippen LogP contribution in [0, 0.1) is 12.8 Å². The predicted molar refractivity (Wildman–Crippen MR) is 149 cm³/mol. The lowest BCUT2D eigenvalue weighted by Gasteiger charge is -2.39. The highest BCUT2D eigenvalue weighted by atomic mass is 16.5. The van der Waals surface area contributed by atoms with Crippen molar-refractivity contribution in [1.82, 2.24) is 25.6 Å². The molecule has 0 saturated carbocycles. The lowest BCUT2D eigenvalue weighted by atomic mass is 9.75. The lowest BCUT2D eigenvalue weighted by molar-refractivity contribution is -0.140. The molecule has 2 aromatic rings. The molecule has 1 spiro atoms. The second-order valence-corrected chi connectivity index (χ2v) is 11.3. The minimum atomic E-state index is -1.24. The van der Waals surface area contributed by atoms with Crippen molar-refractivity contribution < 1.29 is 23.7 Å². The van der Waals surface area contributed by atoms with Gasteiger partial charge in [0.05, 0.1) is 18.7 Å². The molecule has 1 aliphatic heterocycles. The number of hydrogen-bond donors (Lipinski definition) is 2. The molecule has 1 aliphatic carbocycles. The first-order valence-corrected chi connectivity index (χ1v) is 14.3. The number of aryl methyl sites for hydroxylation is 2. The quantitative estimate of drug-likeness (QED) is 0.588. The zero-order chi connectivity index (χ0) is 28.7. The van der Waals surface area contributed by atoms with Gasteiger partial charge < -0.3 is 25.0 Å². The Labute approximate surface area is 235 Å². The number of benzene rings is 1. The first-order valence-electron chi connectivity index (χ1n) is 14.3. The van der Waals surface area contributed by atoms with E-state index in [9.17, 15) is 19.2 Å². The molecule has 1 saturated heterocycles. The van der Waals surface area contributed by atoms with Gasteiger partial charge in [-0.3, -0.25) is 19.2 Å². The van der Waals surface area contributed by atoms with E-state index >= 15 is 0 Å². The molecule has 1 aromatic heterocycles. The van der Waals surface area contributed by atoms with Crippen LogP contribution in [0.1, 0.15) is 68.5 Å². The Balaban J connectivity index is 1.61. The van der Waals surface area contributed by atoms with Gasteiger partial charge in [0, 0.05) is 38.7 Å². The first-order chi connectivity index (χ1) is 19.2. The van der Waals surface area contributed by atoms with Crippen LogP contribution in [0.4, 0.5) is 0 Å². The van der Waals surface area contributed by atoms with Gasteiger partial charge in [-0.05, 0) is 56.1 Å². The van der Waals surface area contributed by atoms with Crippen LogP contribution in [0.15, 0.2) is 34.9 Å². The average molecular weight is 552 g/mol. The summed E-state index contributed by atoms with van der Waals surface area (Å²) in [6, 6.07) is 9.43. The SMILES string of the molecule is Cc1cc(CC(=O)N2CCCC(=O)N(CCC(C)C)CC(=O)NC3(CCCc4ccccc43)C(=O)NCC2)on1. The van der Waals surface area contributed by atoms with Crippen LogP contribution in [-0.2, 0) is 37.6 Å². The van der Waals surface area contributed by atoms with Crippen LogP contribution in [0.5, 0.6) is 0 Å². The molecule has 2 aliphatic rings. The molecule has 40 heavy (non-hydrogen) atoms. The molecule has 2 heterocycles. The number of nitrogens with one attached hydrogen (secondary N) is 2. The van der Waals surface area contributed by atoms with E-state index in [1.807, 2.05) is 24.3 Å². The summed E-state index contributed by atoms with van der Waals surface area (Å²) in [6.45, 7) is 7.13. The summed E-state index contributed by atoms with van der Waals surface area (Å²) in [5, 5.41) is 9.92. The Hall–Kier alpha value is -3.69. The highest BCUT2D eigenvalue weighted by Gasteiger charge is 2.44. The summed E-state index contributed by atoms with van der Waals surface area (Å²) < 4.78 is 5.24. The highest BCUT2D eigenvalue weighted by molar-refractivity contribution is 5.94. The maximum absolute atomic E-state index is 13.9. The summed E-state index contributed by atoms with van der Waals surface area (Å²) in [4.78, 5) is 57.0. The highest BCUT2D eigenvalue weighted by Crippen LogP contribution is 2.36. The van der Waals surface area contributed by atoms with E-state index in [1.54, 1.807) is 22.8 Å². The summed E-state index contributed by atoms with van der Waals surface area (Å²) in [5.74, 6) is -0.105. The number of aromatic nitrogens is 1. The third-order valence-electron chi connectivity index (χ3n) is 7.72. The molecule has 4 rings (SSSR count). The Morgan fingerprint density at radius 1 is 1.12 bits per heavy atom. The zero-order valence-corrected chi connectivity index (χ0v) is 23.8. The van der Waals surface area contributed by atoms with Gasteiger partial charge in [-0.25, -0.2) is 0 Å². The van der Waals surface area contributed by atoms with Gasteiger partial charge in [0.2, 0.25) is 17.7 Å². The minimum absolute atomic E-state index is 0.0522. The maximum atomic E-state index is 13.9. The lowest BCUT2D eigenvalue weighted by Crippen LogP contribution is -2.60. The third kappa shape index (κ3) is 7.08. The second kappa shape index (κ2) is 13.1. The first kappa shape index (κ1) is 29.3. The monoisotopic (exact) mass is 551 g/mol. The fourth-order valence-electron chi connectivity index (χ4n) is 5.57. The normalized spacial score (nSPS) is 21.1. The van der Waals surface area contributed by atoms with E-state index in [4.69, 9.17) is 4.52 Å². The van der Waals surface area contributed by atoms with E-state index < -0.39 is 5.54 Å². The molecule has 0 radical (unpaired) electrons. The van der Waals surface area contributed by atoms with Gasteiger partial charge in [0.15, 0.2) is 0 Å². The molecule has 0 bridgehead atoms. The van der Waals surface area contributed by atoms with Crippen molar-refractivity contribution in [2.24, 2.45) is 5.92 Å². The topological polar surface area (TPSA) is 125 Å². The van der Waals surface area contributed by atoms with E-state index in [2.05, 4.69) is 29.6 Å². The number of amides is 4. The van der Waals surface area contributed by atoms with E-state index in [-0.39, 0.29) is 56.1 Å².